The highest BCUT2D eigenvalue weighted by Gasteiger charge is 2.14. The van der Waals surface area contributed by atoms with Crippen molar-refractivity contribution in [2.24, 2.45) is 0 Å². The van der Waals surface area contributed by atoms with Crippen LogP contribution in [0.1, 0.15) is 25.1 Å². The topological polar surface area (TPSA) is 109 Å². The lowest BCUT2D eigenvalue weighted by atomic mass is 10.1. The number of tetrazole rings is 1. The first kappa shape index (κ1) is 16.0. The number of benzene rings is 1. The van der Waals surface area contributed by atoms with Crippen LogP contribution in [0.3, 0.4) is 0 Å². The van der Waals surface area contributed by atoms with Crippen LogP contribution in [0.4, 0.5) is 5.69 Å². The molecule has 2 heterocycles. The number of allylic oxidation sites excluding steroid dienone is 1. The van der Waals surface area contributed by atoms with Gasteiger partial charge in [-0.25, -0.2) is 0 Å². The summed E-state index contributed by atoms with van der Waals surface area (Å²) in [5.74, 6) is 1.04. The molecule has 0 spiro atoms. The molecule has 124 valence electrons. The zero-order chi connectivity index (χ0) is 16.6. The van der Waals surface area contributed by atoms with Crippen LogP contribution in [0.2, 0.25) is 0 Å². The molecule has 8 nitrogen and oxygen atoms in total. The summed E-state index contributed by atoms with van der Waals surface area (Å²) in [6.07, 6.45) is 5.12. The van der Waals surface area contributed by atoms with Gasteiger partial charge in [0.15, 0.2) is 0 Å². The largest absolute Gasteiger partial charge is 0.491 e. The number of nitrogens with zero attached hydrogens (tertiary/aromatic N) is 4. The molecule has 2 aromatic rings. The molecular formula is C16H18N6O2. The number of anilines is 1. The first-order chi connectivity index (χ1) is 11.8. The van der Waals surface area contributed by atoms with E-state index in [9.17, 15) is 0 Å². The van der Waals surface area contributed by atoms with Crippen LogP contribution in [-0.4, -0.2) is 39.9 Å². The third kappa shape index (κ3) is 4.30. The second-order valence-electron chi connectivity index (χ2n) is 5.37. The van der Waals surface area contributed by atoms with Crippen molar-refractivity contribution in [2.75, 3.05) is 18.5 Å². The van der Waals surface area contributed by atoms with Crippen LogP contribution in [0, 0.1) is 11.3 Å². The van der Waals surface area contributed by atoms with Gasteiger partial charge >= 0.3 is 0 Å². The highest BCUT2D eigenvalue weighted by molar-refractivity contribution is 5.74. The van der Waals surface area contributed by atoms with Crippen LogP contribution in [0.15, 0.2) is 30.5 Å². The van der Waals surface area contributed by atoms with Gasteiger partial charge in [-0.15, -0.1) is 10.2 Å². The molecule has 0 aliphatic carbocycles. The number of nitrogens with one attached hydrogen (secondary N) is 2. The fourth-order valence-electron chi connectivity index (χ4n) is 2.35. The monoisotopic (exact) mass is 326 g/mol. The summed E-state index contributed by atoms with van der Waals surface area (Å²) < 4.78 is 11.4. The van der Waals surface area contributed by atoms with E-state index < -0.39 is 0 Å². The Bertz CT molecular complexity index is 699. The number of aromatic nitrogens is 4. The summed E-state index contributed by atoms with van der Waals surface area (Å²) in [5, 5.41) is 25.4. The molecule has 1 saturated heterocycles. The van der Waals surface area contributed by atoms with E-state index in [1.165, 1.54) is 12.6 Å². The molecule has 1 aromatic heterocycles. The van der Waals surface area contributed by atoms with Crippen LogP contribution in [0.25, 0.3) is 5.57 Å². The Kier molecular flexibility index (Phi) is 5.37. The number of H-pyrrole nitrogens is 1. The Labute approximate surface area is 139 Å². The lowest BCUT2D eigenvalue weighted by molar-refractivity contribution is -0.0110. The number of rotatable bonds is 6. The van der Waals surface area contributed by atoms with E-state index in [-0.39, 0.29) is 11.9 Å². The first-order valence-corrected chi connectivity index (χ1v) is 7.80. The predicted molar refractivity (Wildman–Crippen MR) is 86.9 cm³/mol. The van der Waals surface area contributed by atoms with Gasteiger partial charge in [0, 0.05) is 18.5 Å². The number of ether oxygens (including phenoxy) is 2. The molecule has 1 unspecified atom stereocenters. The first-order valence-electron chi connectivity index (χ1n) is 7.80. The van der Waals surface area contributed by atoms with E-state index >= 15 is 0 Å². The molecule has 0 radical (unpaired) electrons. The van der Waals surface area contributed by atoms with Gasteiger partial charge in [0.05, 0.1) is 6.10 Å². The maximum Gasteiger partial charge on any atom is 0.216 e. The van der Waals surface area contributed by atoms with E-state index in [1.54, 1.807) is 0 Å². The molecule has 24 heavy (non-hydrogen) atoms. The van der Waals surface area contributed by atoms with Crippen molar-refractivity contribution < 1.29 is 9.47 Å². The molecule has 1 aromatic carbocycles. The maximum atomic E-state index is 9.10. The summed E-state index contributed by atoms with van der Waals surface area (Å²) in [6, 6.07) is 9.51. The van der Waals surface area contributed by atoms with Gasteiger partial charge in [-0.2, -0.15) is 10.5 Å². The van der Waals surface area contributed by atoms with Crippen molar-refractivity contribution in [3.8, 4) is 11.8 Å². The average molecular weight is 326 g/mol. The second kappa shape index (κ2) is 8.08. The zero-order valence-corrected chi connectivity index (χ0v) is 13.1. The minimum Gasteiger partial charge on any atom is -0.491 e. The number of aromatic amines is 1. The lowest BCUT2D eigenvalue weighted by Crippen LogP contribution is -2.25. The summed E-state index contributed by atoms with van der Waals surface area (Å²) >= 11 is 0. The Balaban J connectivity index is 1.53. The SMILES string of the molecule is N#CC(=CNc1ccc(OCC2CCCCO2)cc1)c1nn[nH]n1. The summed E-state index contributed by atoms with van der Waals surface area (Å²) in [4.78, 5) is 0. The molecule has 1 atom stereocenters. The molecule has 8 heteroatoms. The van der Waals surface area contributed by atoms with Gasteiger partial charge in [-0.3, -0.25) is 0 Å². The van der Waals surface area contributed by atoms with Gasteiger partial charge in [-0.1, -0.05) is 0 Å². The summed E-state index contributed by atoms with van der Waals surface area (Å²) in [7, 11) is 0. The van der Waals surface area contributed by atoms with Crippen molar-refractivity contribution in [1.29, 1.82) is 5.26 Å². The third-order valence-electron chi connectivity index (χ3n) is 3.65. The summed E-state index contributed by atoms with van der Waals surface area (Å²) in [6.45, 7) is 1.40. The van der Waals surface area contributed by atoms with Crippen molar-refractivity contribution in [3.63, 3.8) is 0 Å². The van der Waals surface area contributed by atoms with Gasteiger partial charge in [0.25, 0.3) is 0 Å². The van der Waals surface area contributed by atoms with Crippen molar-refractivity contribution in [1.82, 2.24) is 20.6 Å². The average Bonchev–Trinajstić information content (AvgIpc) is 3.17. The van der Waals surface area contributed by atoms with Crippen molar-refractivity contribution in [2.45, 2.75) is 25.4 Å². The molecule has 1 aliphatic heterocycles. The predicted octanol–water partition coefficient (Wildman–Crippen LogP) is 2.12. The molecule has 2 N–H and O–H groups in total. The molecule has 0 bridgehead atoms. The number of hydrogen-bond acceptors (Lipinski definition) is 7. The quantitative estimate of drug-likeness (QED) is 0.783. The smallest absolute Gasteiger partial charge is 0.216 e. The van der Waals surface area contributed by atoms with Gasteiger partial charge < -0.3 is 14.8 Å². The van der Waals surface area contributed by atoms with Gasteiger partial charge in [0.1, 0.15) is 24.0 Å². The third-order valence-corrected chi connectivity index (χ3v) is 3.65. The van der Waals surface area contributed by atoms with E-state index in [1.807, 2.05) is 30.3 Å². The van der Waals surface area contributed by atoms with Crippen LogP contribution < -0.4 is 10.1 Å². The molecular weight excluding hydrogens is 308 g/mol. The van der Waals surface area contributed by atoms with Crippen molar-refractivity contribution in [3.05, 3.63) is 36.3 Å². The number of nitriles is 1. The van der Waals surface area contributed by atoms with Gasteiger partial charge in [-0.05, 0) is 48.7 Å². The highest BCUT2D eigenvalue weighted by atomic mass is 16.5. The molecule has 0 amide bonds. The van der Waals surface area contributed by atoms with Crippen LogP contribution in [-0.2, 0) is 4.74 Å². The molecule has 1 aliphatic rings. The Morgan fingerprint density at radius 3 is 2.96 bits per heavy atom. The zero-order valence-electron chi connectivity index (χ0n) is 13.1. The van der Waals surface area contributed by atoms with E-state index in [0.29, 0.717) is 12.2 Å². The van der Waals surface area contributed by atoms with Crippen LogP contribution >= 0.6 is 0 Å². The van der Waals surface area contributed by atoms with E-state index in [0.717, 1.165) is 30.9 Å². The minimum absolute atomic E-state index is 0.188. The second-order valence-corrected chi connectivity index (χ2v) is 5.37. The Morgan fingerprint density at radius 2 is 2.29 bits per heavy atom. The van der Waals surface area contributed by atoms with Crippen molar-refractivity contribution >= 4 is 11.3 Å². The standard InChI is InChI=1S/C16H18N6O2/c17-9-12(16-19-21-22-20-16)10-18-13-4-6-14(7-5-13)24-11-15-3-1-2-8-23-15/h4-7,10,15,18H,1-3,8,11H2,(H,19,20,21,22). The highest BCUT2D eigenvalue weighted by Crippen LogP contribution is 2.19. The van der Waals surface area contributed by atoms with Gasteiger partial charge in [0.2, 0.25) is 5.82 Å². The normalized spacial score (nSPS) is 18.0. The fourth-order valence-corrected chi connectivity index (χ4v) is 2.35. The lowest BCUT2D eigenvalue weighted by Gasteiger charge is -2.22. The fraction of sp³-hybridized carbons (Fsp3) is 0.375. The van der Waals surface area contributed by atoms with E-state index in [4.69, 9.17) is 14.7 Å². The van der Waals surface area contributed by atoms with Crippen LogP contribution in [0.5, 0.6) is 5.75 Å². The Morgan fingerprint density at radius 1 is 1.42 bits per heavy atom. The molecule has 0 saturated carbocycles. The summed E-state index contributed by atoms with van der Waals surface area (Å²) in [5.41, 5.74) is 1.12. The van der Waals surface area contributed by atoms with E-state index in [2.05, 4.69) is 25.9 Å². The minimum atomic E-state index is 0.188. The Hall–Kier alpha value is -2.92. The molecule has 1 fully saturated rings. The molecule has 3 rings (SSSR count). The number of hydrogen-bond donors (Lipinski definition) is 2. The maximum absolute atomic E-state index is 9.10.